The van der Waals surface area contributed by atoms with Crippen molar-refractivity contribution < 1.29 is 9.53 Å². The SMILES string of the molecule is CCC(CCCCCC#CC#C/C=C/C=C\Cl)OC(C)=O. The minimum absolute atomic E-state index is 0.0632. The molecule has 0 fully saturated rings. The van der Waals surface area contributed by atoms with Crippen molar-refractivity contribution in [1.29, 1.82) is 0 Å². The first-order valence-electron chi connectivity index (χ1n) is 7.28. The molecule has 0 saturated heterocycles. The van der Waals surface area contributed by atoms with E-state index in [1.165, 1.54) is 12.5 Å². The van der Waals surface area contributed by atoms with Crippen molar-refractivity contribution in [2.24, 2.45) is 0 Å². The van der Waals surface area contributed by atoms with Gasteiger partial charge < -0.3 is 4.74 Å². The van der Waals surface area contributed by atoms with Gasteiger partial charge in [-0.3, -0.25) is 4.79 Å². The maximum absolute atomic E-state index is 10.9. The number of ether oxygens (including phenoxy) is 1. The summed E-state index contributed by atoms with van der Waals surface area (Å²) in [5.41, 5.74) is 1.43. The van der Waals surface area contributed by atoms with E-state index in [0.717, 1.165) is 38.5 Å². The van der Waals surface area contributed by atoms with Crippen LogP contribution >= 0.6 is 11.6 Å². The van der Waals surface area contributed by atoms with Gasteiger partial charge in [0, 0.05) is 18.9 Å². The summed E-state index contributed by atoms with van der Waals surface area (Å²) in [6.45, 7) is 3.50. The molecule has 1 atom stereocenters. The second-order valence-corrected chi connectivity index (χ2v) is 4.74. The third-order valence-electron chi connectivity index (χ3n) is 2.70. The van der Waals surface area contributed by atoms with Gasteiger partial charge in [0.2, 0.25) is 0 Å². The highest BCUT2D eigenvalue weighted by Crippen LogP contribution is 2.11. The monoisotopic (exact) mass is 306 g/mol. The van der Waals surface area contributed by atoms with E-state index in [2.05, 4.69) is 23.7 Å². The molecule has 2 nitrogen and oxygen atoms in total. The first-order chi connectivity index (χ1) is 10.2. The van der Waals surface area contributed by atoms with E-state index in [1.54, 1.807) is 18.2 Å². The summed E-state index contributed by atoms with van der Waals surface area (Å²) in [5.74, 6) is 11.2. The number of unbranched alkanes of at least 4 members (excludes halogenated alkanes) is 3. The van der Waals surface area contributed by atoms with Gasteiger partial charge in [0.1, 0.15) is 6.10 Å². The van der Waals surface area contributed by atoms with Gasteiger partial charge in [-0.05, 0) is 43.6 Å². The van der Waals surface area contributed by atoms with Crippen molar-refractivity contribution >= 4 is 17.6 Å². The van der Waals surface area contributed by atoms with Crippen LogP contribution in [0.2, 0.25) is 0 Å². The van der Waals surface area contributed by atoms with Gasteiger partial charge in [-0.15, -0.1) is 0 Å². The van der Waals surface area contributed by atoms with Crippen LogP contribution in [-0.4, -0.2) is 12.1 Å². The molecule has 114 valence electrons. The predicted molar refractivity (Wildman–Crippen MR) is 88.6 cm³/mol. The Morgan fingerprint density at radius 1 is 1.24 bits per heavy atom. The first-order valence-corrected chi connectivity index (χ1v) is 7.71. The summed E-state index contributed by atoms with van der Waals surface area (Å²) in [4.78, 5) is 10.9. The van der Waals surface area contributed by atoms with Crippen LogP contribution in [0.15, 0.2) is 23.8 Å². The number of carbonyl (C=O) groups is 1. The number of carbonyl (C=O) groups excluding carboxylic acids is 1. The molecular formula is C18H23ClO2. The van der Waals surface area contributed by atoms with Crippen LogP contribution in [0.4, 0.5) is 0 Å². The molecule has 0 aromatic carbocycles. The quantitative estimate of drug-likeness (QED) is 0.284. The molecule has 0 aliphatic rings. The van der Waals surface area contributed by atoms with Crippen LogP contribution in [0.3, 0.4) is 0 Å². The van der Waals surface area contributed by atoms with Crippen molar-refractivity contribution in [3.63, 3.8) is 0 Å². The molecule has 0 aromatic rings. The van der Waals surface area contributed by atoms with Crippen molar-refractivity contribution in [2.75, 3.05) is 0 Å². The Hall–Kier alpha value is -1.64. The van der Waals surface area contributed by atoms with E-state index in [4.69, 9.17) is 16.3 Å². The lowest BCUT2D eigenvalue weighted by Crippen LogP contribution is -2.14. The smallest absolute Gasteiger partial charge is 0.302 e. The largest absolute Gasteiger partial charge is 0.463 e. The van der Waals surface area contributed by atoms with E-state index in [-0.39, 0.29) is 12.1 Å². The zero-order valence-corrected chi connectivity index (χ0v) is 13.6. The van der Waals surface area contributed by atoms with Gasteiger partial charge in [-0.2, -0.15) is 0 Å². The van der Waals surface area contributed by atoms with Gasteiger partial charge in [0.25, 0.3) is 0 Å². The zero-order chi connectivity index (χ0) is 15.8. The molecule has 1 unspecified atom stereocenters. The van der Waals surface area contributed by atoms with Crippen molar-refractivity contribution in [3.05, 3.63) is 23.8 Å². The maximum atomic E-state index is 10.9. The van der Waals surface area contributed by atoms with Gasteiger partial charge in [0.05, 0.1) is 0 Å². The minimum atomic E-state index is -0.193. The molecule has 0 aromatic heterocycles. The molecule has 0 amide bonds. The highest BCUT2D eigenvalue weighted by atomic mass is 35.5. The van der Waals surface area contributed by atoms with Crippen LogP contribution in [0.1, 0.15) is 52.4 Å². The number of rotatable bonds is 8. The second kappa shape index (κ2) is 14.8. The highest BCUT2D eigenvalue weighted by molar-refractivity contribution is 6.25. The Labute approximate surface area is 133 Å². The second-order valence-electron chi connectivity index (χ2n) is 4.49. The molecule has 21 heavy (non-hydrogen) atoms. The van der Waals surface area contributed by atoms with Crippen LogP contribution in [0.5, 0.6) is 0 Å². The number of allylic oxidation sites excluding steroid dienone is 3. The Balaban J connectivity index is 3.66. The Bertz CT molecular complexity index is 455. The maximum Gasteiger partial charge on any atom is 0.302 e. The summed E-state index contributed by atoms with van der Waals surface area (Å²) in [7, 11) is 0. The molecule has 0 rings (SSSR count). The molecule has 3 heteroatoms. The summed E-state index contributed by atoms with van der Waals surface area (Å²) < 4.78 is 5.19. The Morgan fingerprint density at radius 3 is 2.71 bits per heavy atom. The fourth-order valence-corrected chi connectivity index (χ4v) is 1.76. The van der Waals surface area contributed by atoms with E-state index in [9.17, 15) is 4.79 Å². The average molecular weight is 307 g/mol. The molecule has 0 saturated carbocycles. The average Bonchev–Trinajstić information content (AvgIpc) is 2.46. The summed E-state index contributed by atoms with van der Waals surface area (Å²) in [6, 6.07) is 0. The van der Waals surface area contributed by atoms with Crippen molar-refractivity contribution in [1.82, 2.24) is 0 Å². The third kappa shape index (κ3) is 14.6. The van der Waals surface area contributed by atoms with Gasteiger partial charge in [0.15, 0.2) is 0 Å². The molecule has 0 spiro atoms. The lowest BCUT2D eigenvalue weighted by atomic mass is 10.1. The molecule has 0 heterocycles. The van der Waals surface area contributed by atoms with Crippen LogP contribution < -0.4 is 0 Å². The normalized spacial score (nSPS) is 11.6. The van der Waals surface area contributed by atoms with E-state index < -0.39 is 0 Å². The topological polar surface area (TPSA) is 26.3 Å². The fourth-order valence-electron chi connectivity index (χ4n) is 1.67. The van der Waals surface area contributed by atoms with Crippen LogP contribution in [0.25, 0.3) is 0 Å². The predicted octanol–water partition coefficient (Wildman–Crippen LogP) is 4.59. The summed E-state index contributed by atoms with van der Waals surface area (Å²) >= 11 is 5.35. The number of hydrogen-bond acceptors (Lipinski definition) is 2. The third-order valence-corrected chi connectivity index (χ3v) is 2.85. The summed E-state index contributed by atoms with van der Waals surface area (Å²) in [6.07, 6.45) is 11.1. The Morgan fingerprint density at radius 2 is 2.05 bits per heavy atom. The lowest BCUT2D eigenvalue weighted by Gasteiger charge is -2.14. The number of hydrogen-bond donors (Lipinski definition) is 0. The van der Waals surface area contributed by atoms with Gasteiger partial charge >= 0.3 is 5.97 Å². The lowest BCUT2D eigenvalue weighted by molar-refractivity contribution is -0.146. The molecule has 0 radical (unpaired) electrons. The van der Waals surface area contributed by atoms with Crippen molar-refractivity contribution in [2.45, 2.75) is 58.5 Å². The van der Waals surface area contributed by atoms with Crippen molar-refractivity contribution in [3.8, 4) is 23.7 Å². The highest BCUT2D eigenvalue weighted by Gasteiger charge is 2.08. The molecule has 0 aliphatic heterocycles. The van der Waals surface area contributed by atoms with E-state index in [1.807, 2.05) is 6.92 Å². The van der Waals surface area contributed by atoms with Crippen LogP contribution in [-0.2, 0) is 9.53 Å². The Kier molecular flexibility index (Phi) is 13.6. The van der Waals surface area contributed by atoms with Gasteiger partial charge in [-0.1, -0.05) is 48.9 Å². The standard InChI is InChI=1S/C18H23ClO2/c1-3-18(21-17(2)20)15-13-11-9-7-5-4-6-8-10-12-14-16-19/h10,12,14,16,18H,3,7,9,11,13,15H2,1-2H3/b12-10+,16-14-. The molecule has 0 bridgehead atoms. The number of esters is 1. The first kappa shape index (κ1) is 19.4. The number of halogens is 1. The molecule has 0 N–H and O–H groups in total. The van der Waals surface area contributed by atoms with Crippen LogP contribution in [0, 0.1) is 23.7 Å². The van der Waals surface area contributed by atoms with E-state index >= 15 is 0 Å². The summed E-state index contributed by atoms with van der Waals surface area (Å²) in [5, 5.41) is 0. The molecular weight excluding hydrogens is 284 g/mol. The van der Waals surface area contributed by atoms with E-state index in [0.29, 0.717) is 0 Å². The molecule has 0 aliphatic carbocycles. The minimum Gasteiger partial charge on any atom is -0.463 e. The fraction of sp³-hybridized carbons (Fsp3) is 0.500. The zero-order valence-electron chi connectivity index (χ0n) is 12.8. The van der Waals surface area contributed by atoms with Gasteiger partial charge in [-0.25, -0.2) is 0 Å².